The van der Waals surface area contributed by atoms with Crippen molar-refractivity contribution in [2.75, 3.05) is 5.32 Å². The zero-order chi connectivity index (χ0) is 15.4. The molecule has 5 nitrogen and oxygen atoms in total. The van der Waals surface area contributed by atoms with Crippen LogP contribution in [0.15, 0.2) is 35.8 Å². The van der Waals surface area contributed by atoms with Gasteiger partial charge in [0.2, 0.25) is 0 Å². The van der Waals surface area contributed by atoms with Crippen molar-refractivity contribution < 1.29 is 9.90 Å². The van der Waals surface area contributed by atoms with Crippen LogP contribution >= 0.6 is 11.3 Å². The van der Waals surface area contributed by atoms with Crippen LogP contribution in [0.1, 0.15) is 25.7 Å². The van der Waals surface area contributed by atoms with Crippen molar-refractivity contribution in [3.05, 3.63) is 35.8 Å². The maximum atomic E-state index is 12.0. The minimum atomic E-state index is -0.438. The number of aliphatic hydroxyl groups is 1. The monoisotopic (exact) mass is 317 g/mol. The van der Waals surface area contributed by atoms with E-state index in [-0.39, 0.29) is 12.1 Å². The Morgan fingerprint density at radius 3 is 2.68 bits per heavy atom. The molecule has 2 amide bonds. The van der Waals surface area contributed by atoms with Crippen LogP contribution in [0.3, 0.4) is 0 Å². The first-order chi connectivity index (χ1) is 10.7. The van der Waals surface area contributed by atoms with E-state index in [4.69, 9.17) is 0 Å². The number of amides is 2. The number of carbonyl (C=O) groups excluding carboxylic acids is 1. The fourth-order valence-electron chi connectivity index (χ4n) is 2.68. The minimum Gasteiger partial charge on any atom is -0.391 e. The van der Waals surface area contributed by atoms with Gasteiger partial charge in [0.25, 0.3) is 0 Å². The summed E-state index contributed by atoms with van der Waals surface area (Å²) in [5.74, 6) is 0. The second-order valence-electron chi connectivity index (χ2n) is 5.47. The van der Waals surface area contributed by atoms with Crippen LogP contribution in [-0.2, 0) is 0 Å². The molecule has 2 aromatic rings. The molecule has 2 atom stereocenters. The number of nitrogens with one attached hydrogen (secondary N) is 2. The predicted octanol–water partition coefficient (Wildman–Crippen LogP) is 3.24. The second kappa shape index (κ2) is 6.89. The summed E-state index contributed by atoms with van der Waals surface area (Å²) in [6.07, 6.45) is 5.00. The van der Waals surface area contributed by atoms with Crippen molar-refractivity contribution >= 4 is 23.1 Å². The van der Waals surface area contributed by atoms with E-state index in [1.165, 1.54) is 0 Å². The highest BCUT2D eigenvalue weighted by molar-refractivity contribution is 7.13. The van der Waals surface area contributed by atoms with Crippen LogP contribution in [0.2, 0.25) is 0 Å². The number of rotatable bonds is 3. The lowest BCUT2D eigenvalue weighted by Gasteiger charge is -2.28. The number of aromatic nitrogens is 1. The van der Waals surface area contributed by atoms with Crippen molar-refractivity contribution in [2.45, 2.75) is 37.8 Å². The second-order valence-corrected chi connectivity index (χ2v) is 6.37. The van der Waals surface area contributed by atoms with Crippen LogP contribution in [0.5, 0.6) is 0 Å². The quantitative estimate of drug-likeness (QED) is 0.813. The molecular weight excluding hydrogens is 298 g/mol. The molecule has 0 spiro atoms. The molecule has 22 heavy (non-hydrogen) atoms. The zero-order valence-corrected chi connectivity index (χ0v) is 13.0. The first-order valence-corrected chi connectivity index (χ1v) is 8.36. The van der Waals surface area contributed by atoms with Gasteiger partial charge in [0, 0.05) is 22.8 Å². The van der Waals surface area contributed by atoms with Crippen molar-refractivity contribution in [2.24, 2.45) is 0 Å². The maximum absolute atomic E-state index is 12.0. The van der Waals surface area contributed by atoms with Crippen LogP contribution in [-0.4, -0.2) is 28.3 Å². The third kappa shape index (κ3) is 3.64. The number of benzene rings is 1. The fourth-order valence-corrected chi connectivity index (χ4v) is 3.32. The molecule has 0 aliphatic heterocycles. The summed E-state index contributed by atoms with van der Waals surface area (Å²) >= 11 is 1.58. The lowest BCUT2D eigenvalue weighted by Crippen LogP contribution is -2.46. The van der Waals surface area contributed by atoms with E-state index in [1.54, 1.807) is 17.5 Å². The van der Waals surface area contributed by atoms with Crippen LogP contribution in [0.25, 0.3) is 10.6 Å². The molecule has 1 saturated carbocycles. The highest BCUT2D eigenvalue weighted by Gasteiger charge is 2.24. The molecule has 0 radical (unpaired) electrons. The van der Waals surface area contributed by atoms with Crippen LogP contribution in [0.4, 0.5) is 10.5 Å². The van der Waals surface area contributed by atoms with Gasteiger partial charge in [-0.2, -0.15) is 0 Å². The number of thiazole rings is 1. The molecule has 116 valence electrons. The SMILES string of the molecule is O=C(Nc1ccc(-c2nccs2)cc1)NC1CCCCC1O. The van der Waals surface area contributed by atoms with Gasteiger partial charge in [-0.15, -0.1) is 11.3 Å². The predicted molar refractivity (Wildman–Crippen MR) is 88.0 cm³/mol. The van der Waals surface area contributed by atoms with Crippen molar-refractivity contribution in [1.82, 2.24) is 10.3 Å². The average molecular weight is 317 g/mol. The van der Waals surface area contributed by atoms with Gasteiger partial charge in [0.15, 0.2) is 0 Å². The Labute approximate surface area is 133 Å². The Morgan fingerprint density at radius 1 is 1.23 bits per heavy atom. The zero-order valence-electron chi connectivity index (χ0n) is 12.2. The van der Waals surface area contributed by atoms with Gasteiger partial charge in [-0.1, -0.05) is 12.8 Å². The first kappa shape index (κ1) is 15.0. The molecule has 1 heterocycles. The summed E-state index contributed by atoms with van der Waals surface area (Å²) in [4.78, 5) is 16.3. The summed E-state index contributed by atoms with van der Waals surface area (Å²) in [5.41, 5.74) is 1.76. The van der Waals surface area contributed by atoms with E-state index in [2.05, 4.69) is 15.6 Å². The Kier molecular flexibility index (Phi) is 4.70. The molecule has 3 rings (SSSR count). The normalized spacial score (nSPS) is 21.3. The number of anilines is 1. The molecule has 0 saturated heterocycles. The number of nitrogens with zero attached hydrogens (tertiary/aromatic N) is 1. The summed E-state index contributed by atoms with van der Waals surface area (Å²) in [6.45, 7) is 0. The van der Waals surface area contributed by atoms with Gasteiger partial charge in [0.1, 0.15) is 5.01 Å². The largest absolute Gasteiger partial charge is 0.391 e. The topological polar surface area (TPSA) is 74.2 Å². The third-order valence-corrected chi connectivity index (χ3v) is 4.69. The molecular formula is C16H19N3O2S. The number of hydrogen-bond donors (Lipinski definition) is 3. The number of hydrogen-bond acceptors (Lipinski definition) is 4. The molecule has 1 fully saturated rings. The van der Waals surface area contributed by atoms with Crippen molar-refractivity contribution in [3.8, 4) is 10.6 Å². The Hall–Kier alpha value is -1.92. The first-order valence-electron chi connectivity index (χ1n) is 7.48. The summed E-state index contributed by atoms with van der Waals surface area (Å²) in [6, 6.07) is 7.16. The Bertz CT molecular complexity index is 613. The number of urea groups is 1. The van der Waals surface area contributed by atoms with E-state index >= 15 is 0 Å². The highest BCUT2D eigenvalue weighted by Crippen LogP contribution is 2.23. The van der Waals surface area contributed by atoms with Gasteiger partial charge >= 0.3 is 6.03 Å². The van der Waals surface area contributed by atoms with Crippen LogP contribution in [0, 0.1) is 0 Å². The average Bonchev–Trinajstić information content (AvgIpc) is 3.05. The fraction of sp³-hybridized carbons (Fsp3) is 0.375. The van der Waals surface area contributed by atoms with E-state index in [9.17, 15) is 9.90 Å². The number of carbonyl (C=O) groups is 1. The van der Waals surface area contributed by atoms with Gasteiger partial charge in [-0.3, -0.25) is 0 Å². The third-order valence-electron chi connectivity index (χ3n) is 3.87. The molecule has 1 aromatic carbocycles. The molecule has 3 N–H and O–H groups in total. The van der Waals surface area contributed by atoms with Gasteiger partial charge < -0.3 is 15.7 Å². The highest BCUT2D eigenvalue weighted by atomic mass is 32.1. The van der Waals surface area contributed by atoms with Crippen molar-refractivity contribution in [3.63, 3.8) is 0 Å². The van der Waals surface area contributed by atoms with Gasteiger partial charge in [0.05, 0.1) is 12.1 Å². The summed E-state index contributed by atoms with van der Waals surface area (Å²) in [7, 11) is 0. The molecule has 0 bridgehead atoms. The van der Waals surface area contributed by atoms with Crippen molar-refractivity contribution in [1.29, 1.82) is 0 Å². The molecule has 6 heteroatoms. The van der Waals surface area contributed by atoms with Gasteiger partial charge in [-0.25, -0.2) is 9.78 Å². The van der Waals surface area contributed by atoms with Crippen LogP contribution < -0.4 is 10.6 Å². The minimum absolute atomic E-state index is 0.150. The van der Waals surface area contributed by atoms with E-state index in [0.717, 1.165) is 41.9 Å². The lowest BCUT2D eigenvalue weighted by molar-refractivity contribution is 0.0955. The van der Waals surface area contributed by atoms with Gasteiger partial charge in [-0.05, 0) is 37.1 Å². The lowest BCUT2D eigenvalue weighted by atomic mass is 9.93. The van der Waals surface area contributed by atoms with E-state index < -0.39 is 6.10 Å². The van der Waals surface area contributed by atoms with E-state index in [1.807, 2.05) is 29.6 Å². The standard InChI is InChI=1S/C16H19N3O2S/c20-14-4-2-1-3-13(14)19-16(21)18-12-7-5-11(6-8-12)15-17-9-10-22-15/h5-10,13-14,20H,1-4H2,(H2,18,19,21). The maximum Gasteiger partial charge on any atom is 0.319 e. The molecule has 1 aromatic heterocycles. The molecule has 1 aliphatic rings. The number of aliphatic hydroxyl groups excluding tert-OH is 1. The Balaban J connectivity index is 1.57. The smallest absolute Gasteiger partial charge is 0.319 e. The Morgan fingerprint density at radius 2 is 2.00 bits per heavy atom. The summed E-state index contributed by atoms with van der Waals surface area (Å²) < 4.78 is 0. The summed E-state index contributed by atoms with van der Waals surface area (Å²) in [5, 5.41) is 18.4. The van der Waals surface area contributed by atoms with E-state index in [0.29, 0.717) is 0 Å². The molecule has 2 unspecified atom stereocenters. The molecule has 1 aliphatic carbocycles.